The summed E-state index contributed by atoms with van der Waals surface area (Å²) in [5, 5.41) is 0. The van der Waals surface area contributed by atoms with Gasteiger partial charge in [-0.05, 0) is 53.9 Å². The molecule has 1 aliphatic heterocycles. The van der Waals surface area contributed by atoms with Crippen LogP contribution in [0.3, 0.4) is 0 Å². The van der Waals surface area contributed by atoms with Crippen LogP contribution in [0.25, 0.3) is 10.4 Å². The van der Waals surface area contributed by atoms with Crippen LogP contribution >= 0.6 is 27.3 Å². The fourth-order valence-electron chi connectivity index (χ4n) is 3.57. The monoisotopic (exact) mass is 469 g/mol. The first kappa shape index (κ1) is 20.3. The Morgan fingerprint density at radius 3 is 2.41 bits per heavy atom. The zero-order valence-electron chi connectivity index (χ0n) is 16.3. The van der Waals surface area contributed by atoms with Crippen molar-refractivity contribution in [3.8, 4) is 10.4 Å². The average molecular weight is 470 g/mol. The highest BCUT2D eigenvalue weighted by Gasteiger charge is 2.21. The van der Waals surface area contributed by atoms with Crippen LogP contribution in [-0.2, 0) is 17.8 Å². The van der Waals surface area contributed by atoms with Crippen molar-refractivity contribution in [1.29, 1.82) is 0 Å². The molecule has 29 heavy (non-hydrogen) atoms. The number of piperazine rings is 1. The fourth-order valence-corrected chi connectivity index (χ4v) is 4.89. The van der Waals surface area contributed by atoms with Crippen molar-refractivity contribution in [3.63, 3.8) is 0 Å². The standard InChI is InChI=1S/C23H24BrN3OS/c24-20-4-2-19(3-5-20)22-7-6-21(29-22)17-26-13-15-27(16-14-26)23(28)8-1-18-9-11-25-12-10-18/h2-7,9-12H,1,8,13-17H2. The minimum atomic E-state index is 0.259. The Kier molecular flexibility index (Phi) is 6.74. The number of hydrogen-bond donors (Lipinski definition) is 0. The highest BCUT2D eigenvalue weighted by Crippen LogP contribution is 2.30. The molecule has 0 radical (unpaired) electrons. The van der Waals surface area contributed by atoms with Crippen molar-refractivity contribution in [2.75, 3.05) is 26.2 Å². The third kappa shape index (κ3) is 5.53. The molecule has 0 atom stereocenters. The van der Waals surface area contributed by atoms with E-state index in [4.69, 9.17) is 0 Å². The number of carbonyl (C=O) groups is 1. The Labute approximate surface area is 184 Å². The quantitative estimate of drug-likeness (QED) is 0.517. The van der Waals surface area contributed by atoms with Gasteiger partial charge in [-0.3, -0.25) is 14.7 Å². The summed E-state index contributed by atoms with van der Waals surface area (Å²) in [5.74, 6) is 0.259. The van der Waals surface area contributed by atoms with Gasteiger partial charge in [0.15, 0.2) is 0 Å². The van der Waals surface area contributed by atoms with Crippen molar-refractivity contribution in [2.24, 2.45) is 0 Å². The lowest BCUT2D eigenvalue weighted by Gasteiger charge is -2.34. The predicted octanol–water partition coefficient (Wildman–Crippen LogP) is 4.85. The van der Waals surface area contributed by atoms with Gasteiger partial charge in [-0.2, -0.15) is 0 Å². The van der Waals surface area contributed by atoms with E-state index < -0.39 is 0 Å². The molecule has 0 bridgehead atoms. The van der Waals surface area contributed by atoms with Crippen molar-refractivity contribution in [3.05, 3.63) is 75.8 Å². The van der Waals surface area contributed by atoms with E-state index >= 15 is 0 Å². The van der Waals surface area contributed by atoms with Gasteiger partial charge in [0.05, 0.1) is 0 Å². The van der Waals surface area contributed by atoms with Crippen molar-refractivity contribution in [1.82, 2.24) is 14.8 Å². The second-order valence-corrected chi connectivity index (χ2v) is 9.37. The molecule has 6 heteroatoms. The number of benzene rings is 1. The molecule has 0 aliphatic carbocycles. The minimum Gasteiger partial charge on any atom is -0.340 e. The van der Waals surface area contributed by atoms with Gasteiger partial charge in [0.1, 0.15) is 0 Å². The van der Waals surface area contributed by atoms with Crippen molar-refractivity contribution in [2.45, 2.75) is 19.4 Å². The van der Waals surface area contributed by atoms with Crippen molar-refractivity contribution < 1.29 is 4.79 Å². The molecule has 4 rings (SSSR count). The number of halogens is 1. The maximum atomic E-state index is 12.5. The fraction of sp³-hybridized carbons (Fsp3) is 0.304. The summed E-state index contributed by atoms with van der Waals surface area (Å²) in [6, 6.07) is 16.9. The van der Waals surface area contributed by atoms with E-state index in [1.807, 2.05) is 28.4 Å². The molecule has 0 spiro atoms. The molecule has 0 N–H and O–H groups in total. The molecule has 2 aromatic heterocycles. The van der Waals surface area contributed by atoms with E-state index in [1.165, 1.54) is 20.9 Å². The molecule has 1 amide bonds. The lowest BCUT2D eigenvalue weighted by molar-refractivity contribution is -0.132. The number of thiophene rings is 1. The molecule has 1 fully saturated rings. The molecule has 3 heterocycles. The van der Waals surface area contributed by atoms with E-state index in [-0.39, 0.29) is 5.91 Å². The molecular formula is C23H24BrN3OS. The van der Waals surface area contributed by atoms with E-state index in [9.17, 15) is 4.79 Å². The van der Waals surface area contributed by atoms with Crippen molar-refractivity contribution >= 4 is 33.2 Å². The first-order chi connectivity index (χ1) is 14.2. The van der Waals surface area contributed by atoms with E-state index in [0.29, 0.717) is 6.42 Å². The number of hydrogen-bond acceptors (Lipinski definition) is 4. The van der Waals surface area contributed by atoms with Gasteiger partial charge in [-0.15, -0.1) is 11.3 Å². The minimum absolute atomic E-state index is 0.259. The van der Waals surface area contributed by atoms with Crippen LogP contribution < -0.4 is 0 Å². The molecule has 1 aliphatic rings. The molecule has 0 saturated carbocycles. The summed E-state index contributed by atoms with van der Waals surface area (Å²) >= 11 is 5.35. The lowest BCUT2D eigenvalue weighted by Crippen LogP contribution is -2.48. The largest absolute Gasteiger partial charge is 0.340 e. The smallest absolute Gasteiger partial charge is 0.222 e. The number of carbonyl (C=O) groups excluding carboxylic acids is 1. The zero-order chi connectivity index (χ0) is 20.1. The van der Waals surface area contributed by atoms with Crippen LogP contribution in [0.2, 0.25) is 0 Å². The Morgan fingerprint density at radius 2 is 1.69 bits per heavy atom. The first-order valence-corrected chi connectivity index (χ1v) is 11.5. The molecule has 3 aromatic rings. The third-order valence-corrected chi connectivity index (χ3v) is 6.92. The van der Waals surface area contributed by atoms with Gasteiger partial charge in [-0.25, -0.2) is 0 Å². The van der Waals surface area contributed by atoms with Crippen LogP contribution in [0.1, 0.15) is 16.9 Å². The number of aromatic nitrogens is 1. The summed E-state index contributed by atoms with van der Waals surface area (Å²) in [5.41, 5.74) is 2.43. The number of amides is 1. The summed E-state index contributed by atoms with van der Waals surface area (Å²) in [6.07, 6.45) is 4.93. The molecule has 150 valence electrons. The van der Waals surface area contributed by atoms with Crippen LogP contribution in [0, 0.1) is 0 Å². The van der Waals surface area contributed by atoms with Gasteiger partial charge in [0.2, 0.25) is 5.91 Å². The molecule has 1 aromatic carbocycles. The second-order valence-electron chi connectivity index (χ2n) is 7.29. The van der Waals surface area contributed by atoms with E-state index in [1.54, 1.807) is 12.4 Å². The van der Waals surface area contributed by atoms with Gasteiger partial charge >= 0.3 is 0 Å². The second kappa shape index (κ2) is 9.65. The maximum Gasteiger partial charge on any atom is 0.222 e. The van der Waals surface area contributed by atoms with Gasteiger partial charge < -0.3 is 4.90 Å². The predicted molar refractivity (Wildman–Crippen MR) is 122 cm³/mol. The normalized spacial score (nSPS) is 14.9. The Balaban J connectivity index is 1.25. The number of aryl methyl sites for hydroxylation is 1. The molecule has 4 nitrogen and oxygen atoms in total. The van der Waals surface area contributed by atoms with Gasteiger partial charge in [-0.1, -0.05) is 28.1 Å². The van der Waals surface area contributed by atoms with Crippen LogP contribution in [-0.4, -0.2) is 46.9 Å². The van der Waals surface area contributed by atoms with Gasteiger partial charge in [0.25, 0.3) is 0 Å². The van der Waals surface area contributed by atoms with Crippen LogP contribution in [0.5, 0.6) is 0 Å². The molecule has 0 unspecified atom stereocenters. The lowest BCUT2D eigenvalue weighted by atomic mass is 10.1. The first-order valence-electron chi connectivity index (χ1n) is 9.91. The summed E-state index contributed by atoms with van der Waals surface area (Å²) in [7, 11) is 0. The summed E-state index contributed by atoms with van der Waals surface area (Å²) in [6.45, 7) is 4.47. The number of pyridine rings is 1. The average Bonchev–Trinajstić information content (AvgIpc) is 3.22. The Morgan fingerprint density at radius 1 is 0.966 bits per heavy atom. The van der Waals surface area contributed by atoms with Crippen LogP contribution in [0.15, 0.2) is 65.4 Å². The summed E-state index contributed by atoms with van der Waals surface area (Å²) < 4.78 is 1.10. The van der Waals surface area contributed by atoms with Gasteiger partial charge in [0, 0.05) is 65.8 Å². The Bertz CT molecular complexity index is 934. The highest BCUT2D eigenvalue weighted by molar-refractivity contribution is 9.10. The zero-order valence-corrected chi connectivity index (χ0v) is 18.7. The Hall–Kier alpha value is -2.02. The third-order valence-electron chi connectivity index (χ3n) is 5.27. The van der Waals surface area contributed by atoms with E-state index in [0.717, 1.165) is 43.6 Å². The summed E-state index contributed by atoms with van der Waals surface area (Å²) in [4.78, 5) is 23.7. The number of nitrogens with zero attached hydrogens (tertiary/aromatic N) is 3. The highest BCUT2D eigenvalue weighted by atomic mass is 79.9. The molecular weight excluding hydrogens is 446 g/mol. The number of rotatable bonds is 6. The topological polar surface area (TPSA) is 36.4 Å². The SMILES string of the molecule is O=C(CCc1ccncc1)N1CCN(Cc2ccc(-c3ccc(Br)cc3)s2)CC1. The maximum absolute atomic E-state index is 12.5. The van der Waals surface area contributed by atoms with E-state index in [2.05, 4.69) is 62.2 Å². The molecule has 1 saturated heterocycles. The van der Waals surface area contributed by atoms with Crippen LogP contribution in [0.4, 0.5) is 0 Å².